The molecular weight excluding hydrogens is 353 g/mol. The quantitative estimate of drug-likeness (QED) is 0.748. The number of amides is 1. The van der Waals surface area contributed by atoms with E-state index in [1.807, 2.05) is 0 Å². The number of carbonyl (C=O) groups is 1. The highest BCUT2D eigenvalue weighted by atomic mass is 35.5. The van der Waals surface area contributed by atoms with Gasteiger partial charge in [0.2, 0.25) is 0 Å². The van der Waals surface area contributed by atoms with Gasteiger partial charge in [-0.3, -0.25) is 4.79 Å². The molecule has 10 heteroatoms. The van der Waals surface area contributed by atoms with Crippen molar-refractivity contribution >= 4 is 68.9 Å². The van der Waals surface area contributed by atoms with E-state index in [1.165, 1.54) is 17.4 Å². The molecule has 0 aliphatic rings. The highest BCUT2D eigenvalue weighted by Gasteiger charge is 2.18. The largest absolute Gasteiger partial charge is 0.325 e. The molecule has 21 heavy (non-hydrogen) atoms. The van der Waals surface area contributed by atoms with Crippen molar-refractivity contribution in [2.45, 2.75) is 6.54 Å². The van der Waals surface area contributed by atoms with Crippen molar-refractivity contribution in [3.63, 3.8) is 0 Å². The van der Waals surface area contributed by atoms with Gasteiger partial charge in [-0.25, -0.2) is 4.98 Å². The first-order chi connectivity index (χ1) is 10.1. The van der Waals surface area contributed by atoms with Crippen LogP contribution in [0.3, 0.4) is 0 Å². The number of thiazole rings is 1. The summed E-state index contributed by atoms with van der Waals surface area (Å²) in [7, 11) is 0. The lowest BCUT2D eigenvalue weighted by Crippen LogP contribution is -2.13. The lowest BCUT2D eigenvalue weighted by molar-refractivity contribution is 0.102. The van der Waals surface area contributed by atoms with Gasteiger partial charge in [0.1, 0.15) is 21.7 Å². The minimum Gasteiger partial charge on any atom is -0.325 e. The number of nitrogens with two attached hydrogens (primary N) is 1. The first-order valence-electron chi connectivity index (χ1n) is 5.66. The summed E-state index contributed by atoms with van der Waals surface area (Å²) in [4.78, 5) is 16.3. The Balaban J connectivity index is 1.98. The van der Waals surface area contributed by atoms with E-state index in [0.717, 1.165) is 11.7 Å². The summed E-state index contributed by atoms with van der Waals surface area (Å²) < 4.78 is 8.19. The van der Waals surface area contributed by atoms with Crippen molar-refractivity contribution in [3.8, 4) is 0 Å². The number of hydrogen-bond donors (Lipinski definition) is 2. The van der Waals surface area contributed by atoms with Crippen molar-refractivity contribution in [2.75, 3.05) is 5.32 Å². The van der Waals surface area contributed by atoms with Gasteiger partial charge in [0, 0.05) is 11.9 Å². The molecule has 0 saturated carbocycles. The highest BCUT2D eigenvalue weighted by molar-refractivity contribution is 7.09. The van der Waals surface area contributed by atoms with Crippen molar-refractivity contribution in [1.29, 1.82) is 0 Å². The predicted octanol–water partition coefficient (Wildman–Crippen LogP) is 3.17. The molecule has 1 aromatic carbocycles. The number of anilines is 1. The Morgan fingerprint density at radius 2 is 2.05 bits per heavy atom. The first kappa shape index (κ1) is 14.6. The molecule has 0 aliphatic heterocycles. The third-order valence-corrected chi connectivity index (χ3v) is 4.63. The number of nitrogens with one attached hydrogen (secondary N) is 1. The maximum absolute atomic E-state index is 12.2. The zero-order valence-corrected chi connectivity index (χ0v) is 13.4. The van der Waals surface area contributed by atoms with E-state index in [-0.39, 0.29) is 11.6 Å². The Kier molecular flexibility index (Phi) is 4.05. The third kappa shape index (κ3) is 2.72. The molecule has 2 aromatic heterocycles. The molecule has 1 amide bonds. The van der Waals surface area contributed by atoms with Crippen LogP contribution in [0.5, 0.6) is 0 Å². The molecule has 3 N–H and O–H groups in total. The standard InChI is InChI=1S/C11H7Cl2N5OS2/c12-4-1-5(13)9-10(18-21-17-9)8(4)16-11(19)6-3-20-7(2-14)15-6/h1,3H,2,14H2,(H,16,19). The predicted molar refractivity (Wildman–Crippen MR) is 85.4 cm³/mol. The number of halogens is 2. The molecule has 3 rings (SSSR count). The first-order valence-corrected chi connectivity index (χ1v) is 8.03. The van der Waals surface area contributed by atoms with Gasteiger partial charge in [-0.2, -0.15) is 8.75 Å². The molecule has 0 atom stereocenters. The second-order valence-corrected chi connectivity index (χ2v) is 6.25. The number of fused-ring (bicyclic) bond motifs is 1. The van der Waals surface area contributed by atoms with Crippen LogP contribution in [-0.4, -0.2) is 19.6 Å². The average molecular weight is 360 g/mol. The zero-order chi connectivity index (χ0) is 15.0. The van der Waals surface area contributed by atoms with E-state index in [1.54, 1.807) is 5.38 Å². The van der Waals surface area contributed by atoms with Crippen LogP contribution < -0.4 is 11.1 Å². The van der Waals surface area contributed by atoms with Crippen molar-refractivity contribution in [1.82, 2.24) is 13.7 Å². The van der Waals surface area contributed by atoms with E-state index >= 15 is 0 Å². The molecular formula is C11H7Cl2N5OS2. The Labute approximate surface area is 137 Å². The number of benzene rings is 1. The van der Waals surface area contributed by atoms with Crippen LogP contribution in [0.1, 0.15) is 15.5 Å². The van der Waals surface area contributed by atoms with Crippen LogP contribution >= 0.6 is 46.3 Å². The Morgan fingerprint density at radius 1 is 1.29 bits per heavy atom. The molecule has 0 fully saturated rings. The van der Waals surface area contributed by atoms with Gasteiger partial charge in [-0.05, 0) is 6.07 Å². The Hall–Kier alpha value is -1.32. The van der Waals surface area contributed by atoms with Gasteiger partial charge in [-0.15, -0.1) is 11.3 Å². The molecule has 3 aromatic rings. The van der Waals surface area contributed by atoms with Gasteiger partial charge < -0.3 is 11.1 Å². The fourth-order valence-electron chi connectivity index (χ4n) is 1.68. The topological polar surface area (TPSA) is 93.8 Å². The molecule has 6 nitrogen and oxygen atoms in total. The molecule has 0 radical (unpaired) electrons. The summed E-state index contributed by atoms with van der Waals surface area (Å²) in [6.07, 6.45) is 0. The maximum atomic E-state index is 12.2. The fraction of sp³-hybridized carbons (Fsp3) is 0.0909. The minimum atomic E-state index is -0.385. The average Bonchev–Trinajstić information content (AvgIpc) is 3.11. The van der Waals surface area contributed by atoms with Crippen LogP contribution in [0.25, 0.3) is 11.0 Å². The van der Waals surface area contributed by atoms with Crippen LogP contribution in [0.15, 0.2) is 11.4 Å². The minimum absolute atomic E-state index is 0.280. The number of aromatic nitrogens is 3. The van der Waals surface area contributed by atoms with Crippen molar-refractivity contribution < 1.29 is 4.79 Å². The van der Waals surface area contributed by atoms with E-state index in [0.29, 0.717) is 38.3 Å². The van der Waals surface area contributed by atoms with Gasteiger partial charge >= 0.3 is 0 Å². The number of nitrogens with zero attached hydrogens (tertiary/aromatic N) is 3. The molecule has 2 heterocycles. The summed E-state index contributed by atoms with van der Waals surface area (Å²) in [5, 5.41) is 5.70. The molecule has 0 unspecified atom stereocenters. The maximum Gasteiger partial charge on any atom is 0.275 e. The van der Waals surface area contributed by atoms with Crippen LogP contribution in [-0.2, 0) is 6.54 Å². The van der Waals surface area contributed by atoms with Crippen LogP contribution in [0.4, 0.5) is 5.69 Å². The number of hydrogen-bond acceptors (Lipinski definition) is 7. The van der Waals surface area contributed by atoms with Gasteiger partial charge in [0.15, 0.2) is 0 Å². The van der Waals surface area contributed by atoms with Crippen LogP contribution in [0.2, 0.25) is 10.0 Å². The van der Waals surface area contributed by atoms with E-state index in [9.17, 15) is 4.79 Å². The molecule has 0 aliphatic carbocycles. The lowest BCUT2D eigenvalue weighted by Gasteiger charge is -2.07. The number of carbonyl (C=O) groups excluding carboxylic acids is 1. The monoisotopic (exact) mass is 359 g/mol. The Morgan fingerprint density at radius 3 is 2.76 bits per heavy atom. The van der Waals surface area contributed by atoms with Gasteiger partial charge in [-0.1, -0.05) is 23.2 Å². The summed E-state index contributed by atoms with van der Waals surface area (Å²) in [5.74, 6) is -0.385. The van der Waals surface area contributed by atoms with E-state index in [2.05, 4.69) is 19.0 Å². The molecule has 0 saturated heterocycles. The van der Waals surface area contributed by atoms with E-state index in [4.69, 9.17) is 28.9 Å². The second kappa shape index (κ2) is 5.82. The normalized spacial score (nSPS) is 11.0. The number of rotatable bonds is 3. The van der Waals surface area contributed by atoms with Crippen molar-refractivity contribution in [3.05, 3.63) is 32.2 Å². The van der Waals surface area contributed by atoms with Crippen molar-refractivity contribution in [2.24, 2.45) is 5.73 Å². The molecule has 0 bridgehead atoms. The third-order valence-electron chi connectivity index (χ3n) is 2.64. The summed E-state index contributed by atoms with van der Waals surface area (Å²) >= 11 is 14.5. The second-order valence-electron chi connectivity index (χ2n) is 3.96. The summed E-state index contributed by atoms with van der Waals surface area (Å²) in [5.41, 5.74) is 7.09. The van der Waals surface area contributed by atoms with Gasteiger partial charge in [0.05, 0.1) is 27.5 Å². The fourth-order valence-corrected chi connectivity index (χ4v) is 3.49. The summed E-state index contributed by atoms with van der Waals surface area (Å²) in [6, 6.07) is 1.52. The Bertz CT molecular complexity index is 831. The van der Waals surface area contributed by atoms with Crippen LogP contribution in [0, 0.1) is 0 Å². The van der Waals surface area contributed by atoms with E-state index < -0.39 is 0 Å². The smallest absolute Gasteiger partial charge is 0.275 e. The SMILES string of the molecule is NCc1nc(C(=O)Nc2c(Cl)cc(Cl)c3nsnc23)cs1. The summed E-state index contributed by atoms with van der Waals surface area (Å²) in [6.45, 7) is 0.292. The zero-order valence-electron chi connectivity index (χ0n) is 10.3. The lowest BCUT2D eigenvalue weighted by atomic mass is 10.2. The molecule has 108 valence electrons. The van der Waals surface area contributed by atoms with Gasteiger partial charge in [0.25, 0.3) is 5.91 Å². The molecule has 0 spiro atoms. The highest BCUT2D eigenvalue weighted by Crippen LogP contribution is 2.35.